The van der Waals surface area contributed by atoms with Gasteiger partial charge in [-0.3, -0.25) is 4.79 Å². The van der Waals surface area contributed by atoms with Crippen molar-refractivity contribution < 1.29 is 9.90 Å². The second-order valence-electron chi connectivity index (χ2n) is 3.56. The van der Waals surface area contributed by atoms with E-state index < -0.39 is 5.97 Å². The monoisotopic (exact) mass is 222 g/mol. The van der Waals surface area contributed by atoms with Crippen molar-refractivity contribution >= 4 is 5.97 Å². The van der Waals surface area contributed by atoms with Crippen LogP contribution >= 0.6 is 0 Å². The lowest BCUT2D eigenvalue weighted by molar-refractivity contribution is -0.136. The van der Waals surface area contributed by atoms with Crippen LogP contribution in [0.5, 0.6) is 0 Å². The van der Waals surface area contributed by atoms with Crippen molar-refractivity contribution in [1.82, 2.24) is 10.6 Å². The summed E-state index contributed by atoms with van der Waals surface area (Å²) in [6.45, 7) is 4.56. The summed E-state index contributed by atoms with van der Waals surface area (Å²) >= 11 is 0. The third kappa shape index (κ3) is 6.16. The first-order valence-corrected chi connectivity index (χ1v) is 5.46. The van der Waals surface area contributed by atoms with Crippen LogP contribution in [-0.2, 0) is 11.2 Å². The summed E-state index contributed by atoms with van der Waals surface area (Å²) in [5.41, 5.74) is 0.843. The van der Waals surface area contributed by atoms with E-state index >= 15 is 0 Å². The molecular weight excluding hydrogens is 204 g/mol. The van der Waals surface area contributed by atoms with Gasteiger partial charge in [0.1, 0.15) is 0 Å². The molecular formula is C12H18N2O2. The zero-order valence-corrected chi connectivity index (χ0v) is 9.28. The largest absolute Gasteiger partial charge is 0.481 e. The SMILES string of the molecule is C1CNCCN1.O=C(O)Cc1ccccc1. The van der Waals surface area contributed by atoms with Gasteiger partial charge in [-0.15, -0.1) is 0 Å². The minimum absolute atomic E-state index is 0.112. The second kappa shape index (κ2) is 7.84. The molecule has 88 valence electrons. The predicted octanol–water partition coefficient (Wildman–Crippen LogP) is 0.493. The fourth-order valence-corrected chi connectivity index (χ4v) is 1.37. The zero-order chi connectivity index (χ0) is 11.6. The van der Waals surface area contributed by atoms with Crippen LogP contribution in [0.1, 0.15) is 5.56 Å². The van der Waals surface area contributed by atoms with Gasteiger partial charge in [0.15, 0.2) is 0 Å². The van der Waals surface area contributed by atoms with Crippen LogP contribution in [0.2, 0.25) is 0 Å². The number of nitrogens with one attached hydrogen (secondary N) is 2. The molecule has 1 aliphatic rings. The number of hydrogen-bond acceptors (Lipinski definition) is 3. The Balaban J connectivity index is 0.000000181. The Morgan fingerprint density at radius 2 is 1.56 bits per heavy atom. The van der Waals surface area contributed by atoms with Gasteiger partial charge in [-0.2, -0.15) is 0 Å². The maximum Gasteiger partial charge on any atom is 0.307 e. The first kappa shape index (κ1) is 12.7. The van der Waals surface area contributed by atoms with E-state index in [1.54, 1.807) is 12.1 Å². The van der Waals surface area contributed by atoms with E-state index in [4.69, 9.17) is 5.11 Å². The van der Waals surface area contributed by atoms with Crippen molar-refractivity contribution in [3.8, 4) is 0 Å². The summed E-state index contributed by atoms with van der Waals surface area (Å²) in [6, 6.07) is 9.13. The van der Waals surface area contributed by atoms with Crippen LogP contribution in [0, 0.1) is 0 Å². The van der Waals surface area contributed by atoms with Gasteiger partial charge in [0.25, 0.3) is 0 Å². The summed E-state index contributed by atoms with van der Waals surface area (Å²) in [5, 5.41) is 14.8. The van der Waals surface area contributed by atoms with Crippen molar-refractivity contribution in [3.63, 3.8) is 0 Å². The van der Waals surface area contributed by atoms with Gasteiger partial charge in [-0.1, -0.05) is 30.3 Å². The third-order valence-corrected chi connectivity index (χ3v) is 2.16. The molecule has 1 aromatic carbocycles. The molecule has 0 aromatic heterocycles. The van der Waals surface area contributed by atoms with Gasteiger partial charge in [0.2, 0.25) is 0 Å². The molecule has 1 aliphatic heterocycles. The highest BCUT2D eigenvalue weighted by molar-refractivity contribution is 5.70. The van der Waals surface area contributed by atoms with Crippen LogP contribution in [0.3, 0.4) is 0 Å². The number of aliphatic carboxylic acids is 1. The topological polar surface area (TPSA) is 61.4 Å². The number of carbonyl (C=O) groups is 1. The van der Waals surface area contributed by atoms with E-state index in [0.29, 0.717) is 0 Å². The summed E-state index contributed by atoms with van der Waals surface area (Å²) < 4.78 is 0. The fraction of sp³-hybridized carbons (Fsp3) is 0.417. The van der Waals surface area contributed by atoms with E-state index in [0.717, 1.165) is 31.7 Å². The third-order valence-electron chi connectivity index (χ3n) is 2.16. The van der Waals surface area contributed by atoms with Gasteiger partial charge >= 0.3 is 5.97 Å². The standard InChI is InChI=1S/C8H8O2.C4H10N2/c9-8(10)6-7-4-2-1-3-5-7;1-2-6-4-3-5-1/h1-5H,6H2,(H,9,10);5-6H,1-4H2. The summed E-state index contributed by atoms with van der Waals surface area (Å²) in [4.78, 5) is 10.2. The summed E-state index contributed by atoms with van der Waals surface area (Å²) in [7, 11) is 0. The van der Waals surface area contributed by atoms with Crippen LogP contribution in [0.25, 0.3) is 0 Å². The Morgan fingerprint density at radius 1 is 1.06 bits per heavy atom. The quantitative estimate of drug-likeness (QED) is 0.681. The molecule has 1 saturated heterocycles. The molecule has 4 heteroatoms. The normalized spacial score (nSPS) is 14.8. The smallest absolute Gasteiger partial charge is 0.307 e. The average molecular weight is 222 g/mol. The van der Waals surface area contributed by atoms with Crippen LogP contribution < -0.4 is 10.6 Å². The predicted molar refractivity (Wildman–Crippen MR) is 63.5 cm³/mol. The highest BCUT2D eigenvalue weighted by Gasteiger charge is 1.96. The Hall–Kier alpha value is -1.39. The maximum absolute atomic E-state index is 10.2. The Kier molecular flexibility index (Phi) is 6.22. The number of benzene rings is 1. The number of piperazine rings is 1. The highest BCUT2D eigenvalue weighted by atomic mass is 16.4. The number of carboxylic acid groups (broad SMARTS) is 1. The summed E-state index contributed by atoms with van der Waals surface area (Å²) in [5.74, 6) is -0.786. The van der Waals surface area contributed by atoms with Gasteiger partial charge in [-0.25, -0.2) is 0 Å². The number of carboxylic acids is 1. The van der Waals surface area contributed by atoms with Crippen molar-refractivity contribution in [3.05, 3.63) is 35.9 Å². The maximum atomic E-state index is 10.2. The highest BCUT2D eigenvalue weighted by Crippen LogP contribution is 1.98. The zero-order valence-electron chi connectivity index (χ0n) is 9.28. The molecule has 1 heterocycles. The molecule has 1 fully saturated rings. The fourth-order valence-electron chi connectivity index (χ4n) is 1.37. The lowest BCUT2D eigenvalue weighted by Gasteiger charge is -2.11. The van der Waals surface area contributed by atoms with Gasteiger partial charge in [-0.05, 0) is 5.56 Å². The Bertz CT molecular complexity index is 286. The minimum atomic E-state index is -0.786. The first-order chi connectivity index (χ1) is 7.79. The molecule has 16 heavy (non-hydrogen) atoms. The lowest BCUT2D eigenvalue weighted by Crippen LogP contribution is -2.39. The molecule has 3 N–H and O–H groups in total. The molecule has 0 spiro atoms. The van der Waals surface area contributed by atoms with Crippen molar-refractivity contribution in [2.45, 2.75) is 6.42 Å². The number of rotatable bonds is 2. The van der Waals surface area contributed by atoms with E-state index in [2.05, 4.69) is 10.6 Å². The van der Waals surface area contributed by atoms with E-state index in [1.165, 1.54) is 0 Å². The Morgan fingerprint density at radius 3 is 1.94 bits per heavy atom. The second-order valence-corrected chi connectivity index (χ2v) is 3.56. The van der Waals surface area contributed by atoms with E-state index in [-0.39, 0.29) is 6.42 Å². The first-order valence-electron chi connectivity index (χ1n) is 5.46. The lowest BCUT2D eigenvalue weighted by atomic mass is 10.2. The molecule has 0 saturated carbocycles. The van der Waals surface area contributed by atoms with Crippen LogP contribution in [0.4, 0.5) is 0 Å². The number of hydrogen-bond donors (Lipinski definition) is 3. The molecule has 0 amide bonds. The van der Waals surface area contributed by atoms with E-state index in [1.807, 2.05) is 18.2 Å². The van der Waals surface area contributed by atoms with E-state index in [9.17, 15) is 4.79 Å². The van der Waals surface area contributed by atoms with Crippen LogP contribution in [-0.4, -0.2) is 37.3 Å². The molecule has 1 aromatic rings. The molecule has 4 nitrogen and oxygen atoms in total. The molecule has 0 radical (unpaired) electrons. The van der Waals surface area contributed by atoms with Crippen molar-refractivity contribution in [2.24, 2.45) is 0 Å². The summed E-state index contributed by atoms with van der Waals surface area (Å²) in [6.07, 6.45) is 0.112. The minimum Gasteiger partial charge on any atom is -0.481 e. The molecule has 0 atom stereocenters. The molecule has 0 unspecified atom stereocenters. The average Bonchev–Trinajstić information content (AvgIpc) is 2.32. The van der Waals surface area contributed by atoms with Gasteiger partial charge in [0, 0.05) is 26.2 Å². The van der Waals surface area contributed by atoms with Gasteiger partial charge in [0.05, 0.1) is 6.42 Å². The molecule has 0 aliphatic carbocycles. The van der Waals surface area contributed by atoms with Crippen molar-refractivity contribution in [1.29, 1.82) is 0 Å². The molecule has 0 bridgehead atoms. The molecule has 2 rings (SSSR count). The van der Waals surface area contributed by atoms with Crippen molar-refractivity contribution in [2.75, 3.05) is 26.2 Å². The Labute approximate surface area is 95.7 Å². The van der Waals surface area contributed by atoms with Gasteiger partial charge < -0.3 is 15.7 Å². The van der Waals surface area contributed by atoms with Crippen LogP contribution in [0.15, 0.2) is 30.3 Å².